The lowest BCUT2D eigenvalue weighted by atomic mass is 10.1. The van der Waals surface area contributed by atoms with Gasteiger partial charge in [0.1, 0.15) is 11.5 Å². The molecule has 1 aromatic heterocycles. The van der Waals surface area contributed by atoms with Gasteiger partial charge < -0.3 is 20.2 Å². The molecule has 3 N–H and O–H groups in total. The molecule has 1 aromatic rings. The molecule has 0 saturated heterocycles. The van der Waals surface area contributed by atoms with E-state index in [0.29, 0.717) is 12.8 Å². The third-order valence-electron chi connectivity index (χ3n) is 3.30. The molecular formula is C15H24N2O4. The van der Waals surface area contributed by atoms with Crippen LogP contribution in [0.15, 0.2) is 10.5 Å². The first-order valence-corrected chi connectivity index (χ1v) is 7.15. The summed E-state index contributed by atoms with van der Waals surface area (Å²) < 4.78 is 5.45. The molecule has 0 spiro atoms. The van der Waals surface area contributed by atoms with Crippen LogP contribution in [-0.4, -0.2) is 23.1 Å². The Kier molecular flexibility index (Phi) is 6.27. The van der Waals surface area contributed by atoms with E-state index in [9.17, 15) is 9.59 Å². The average Bonchev–Trinajstić information content (AvgIpc) is 2.67. The van der Waals surface area contributed by atoms with Gasteiger partial charge >= 0.3 is 12.0 Å². The fraction of sp³-hybridized carbons (Fsp3) is 0.600. The Morgan fingerprint density at radius 2 is 1.95 bits per heavy atom. The molecule has 0 aliphatic rings. The Balaban J connectivity index is 2.39. The molecule has 0 radical (unpaired) electrons. The van der Waals surface area contributed by atoms with Gasteiger partial charge in [-0.05, 0) is 46.6 Å². The zero-order chi connectivity index (χ0) is 16.0. The van der Waals surface area contributed by atoms with Gasteiger partial charge in [-0.1, -0.05) is 0 Å². The second kappa shape index (κ2) is 7.71. The minimum Gasteiger partial charge on any atom is -0.481 e. The number of aliphatic carboxylic acids is 1. The van der Waals surface area contributed by atoms with Crippen LogP contribution >= 0.6 is 0 Å². The van der Waals surface area contributed by atoms with Gasteiger partial charge in [0.2, 0.25) is 0 Å². The number of carboxylic acids is 1. The van der Waals surface area contributed by atoms with Crippen LogP contribution in [0.25, 0.3) is 0 Å². The number of carboxylic acid groups (broad SMARTS) is 1. The third-order valence-corrected chi connectivity index (χ3v) is 3.30. The van der Waals surface area contributed by atoms with Crippen molar-refractivity contribution in [2.75, 3.05) is 0 Å². The number of furan rings is 1. The topological polar surface area (TPSA) is 91.6 Å². The molecule has 0 saturated carbocycles. The van der Waals surface area contributed by atoms with Crippen LogP contribution in [0.5, 0.6) is 0 Å². The molecular weight excluding hydrogens is 272 g/mol. The largest absolute Gasteiger partial charge is 0.481 e. The maximum atomic E-state index is 11.9. The van der Waals surface area contributed by atoms with Gasteiger partial charge in [0.25, 0.3) is 0 Å². The maximum Gasteiger partial charge on any atom is 0.315 e. The van der Waals surface area contributed by atoms with Gasteiger partial charge in [0, 0.05) is 18.0 Å². The van der Waals surface area contributed by atoms with E-state index in [2.05, 4.69) is 10.6 Å². The predicted molar refractivity (Wildman–Crippen MR) is 79.2 cm³/mol. The molecule has 2 amide bonds. The average molecular weight is 296 g/mol. The van der Waals surface area contributed by atoms with Crippen molar-refractivity contribution in [2.24, 2.45) is 0 Å². The number of urea groups is 1. The number of carbonyl (C=O) groups excluding carboxylic acids is 1. The lowest BCUT2D eigenvalue weighted by Crippen LogP contribution is -2.41. The monoisotopic (exact) mass is 296 g/mol. The third kappa shape index (κ3) is 5.89. The van der Waals surface area contributed by atoms with Crippen LogP contribution < -0.4 is 10.6 Å². The normalized spacial score (nSPS) is 13.5. The summed E-state index contributed by atoms with van der Waals surface area (Å²) in [6.45, 7) is 7.49. The molecule has 0 fully saturated rings. The first kappa shape index (κ1) is 17.1. The summed E-state index contributed by atoms with van der Waals surface area (Å²) in [5.41, 5.74) is 0.959. The molecule has 2 atom stereocenters. The SMILES string of the molecule is Cc1cc(C(C)NC(=O)NC(C)CCCC(=O)O)c(C)o1. The molecule has 1 heterocycles. The van der Waals surface area contributed by atoms with Crippen LogP contribution in [0.3, 0.4) is 0 Å². The molecule has 21 heavy (non-hydrogen) atoms. The summed E-state index contributed by atoms with van der Waals surface area (Å²) >= 11 is 0. The van der Waals surface area contributed by atoms with Crippen LogP contribution in [-0.2, 0) is 4.79 Å². The summed E-state index contributed by atoms with van der Waals surface area (Å²) in [6, 6.07) is 1.44. The Bertz CT molecular complexity index is 496. The van der Waals surface area contributed by atoms with Gasteiger partial charge in [-0.25, -0.2) is 4.79 Å². The Hall–Kier alpha value is -1.98. The number of hydrogen-bond donors (Lipinski definition) is 3. The molecule has 0 aliphatic carbocycles. The van der Waals surface area contributed by atoms with Crippen LogP contribution in [0.4, 0.5) is 4.79 Å². The van der Waals surface area contributed by atoms with Crippen LogP contribution in [0.1, 0.15) is 56.2 Å². The zero-order valence-corrected chi connectivity index (χ0v) is 13.0. The summed E-state index contributed by atoms with van der Waals surface area (Å²) in [7, 11) is 0. The van der Waals surface area contributed by atoms with E-state index in [1.54, 1.807) is 0 Å². The lowest BCUT2D eigenvalue weighted by Gasteiger charge is -2.17. The molecule has 0 aliphatic heterocycles. The fourth-order valence-corrected chi connectivity index (χ4v) is 2.25. The summed E-state index contributed by atoms with van der Waals surface area (Å²) in [6.07, 6.45) is 1.31. The maximum absolute atomic E-state index is 11.9. The Labute approximate surface area is 124 Å². The van der Waals surface area contributed by atoms with Gasteiger partial charge in [-0.2, -0.15) is 0 Å². The summed E-state index contributed by atoms with van der Waals surface area (Å²) in [5, 5.41) is 14.2. The van der Waals surface area contributed by atoms with Crippen molar-refractivity contribution < 1.29 is 19.1 Å². The van der Waals surface area contributed by atoms with E-state index in [1.807, 2.05) is 33.8 Å². The highest BCUT2D eigenvalue weighted by Gasteiger charge is 2.16. The molecule has 6 heteroatoms. The van der Waals surface area contributed by atoms with Crippen molar-refractivity contribution in [2.45, 2.75) is 59.0 Å². The van der Waals surface area contributed by atoms with E-state index in [1.165, 1.54) is 0 Å². The van der Waals surface area contributed by atoms with Gasteiger partial charge in [-0.15, -0.1) is 0 Å². The molecule has 118 valence electrons. The number of hydrogen-bond acceptors (Lipinski definition) is 3. The minimum atomic E-state index is -0.814. The lowest BCUT2D eigenvalue weighted by molar-refractivity contribution is -0.137. The quantitative estimate of drug-likeness (QED) is 0.721. The van der Waals surface area contributed by atoms with E-state index in [0.717, 1.165) is 17.1 Å². The number of amides is 2. The Morgan fingerprint density at radius 3 is 2.48 bits per heavy atom. The molecule has 2 unspecified atom stereocenters. The highest BCUT2D eigenvalue weighted by atomic mass is 16.4. The van der Waals surface area contributed by atoms with Crippen molar-refractivity contribution in [1.82, 2.24) is 10.6 Å². The number of aryl methyl sites for hydroxylation is 2. The summed E-state index contributed by atoms with van der Waals surface area (Å²) in [5.74, 6) is 0.805. The molecule has 6 nitrogen and oxygen atoms in total. The van der Waals surface area contributed by atoms with Crippen molar-refractivity contribution >= 4 is 12.0 Å². The van der Waals surface area contributed by atoms with Gasteiger partial charge in [-0.3, -0.25) is 4.79 Å². The van der Waals surface area contributed by atoms with Crippen molar-refractivity contribution in [3.8, 4) is 0 Å². The van der Waals surface area contributed by atoms with Crippen LogP contribution in [0.2, 0.25) is 0 Å². The predicted octanol–water partition coefficient (Wildman–Crippen LogP) is 2.90. The second-order valence-corrected chi connectivity index (χ2v) is 5.40. The molecule has 1 rings (SSSR count). The smallest absolute Gasteiger partial charge is 0.315 e. The second-order valence-electron chi connectivity index (χ2n) is 5.40. The molecule has 0 bridgehead atoms. The highest BCUT2D eigenvalue weighted by molar-refractivity contribution is 5.74. The number of rotatable bonds is 7. The first-order valence-electron chi connectivity index (χ1n) is 7.15. The van der Waals surface area contributed by atoms with E-state index in [-0.39, 0.29) is 24.5 Å². The fourth-order valence-electron chi connectivity index (χ4n) is 2.25. The zero-order valence-electron chi connectivity index (χ0n) is 13.0. The van der Waals surface area contributed by atoms with Crippen LogP contribution in [0, 0.1) is 13.8 Å². The van der Waals surface area contributed by atoms with E-state index in [4.69, 9.17) is 9.52 Å². The Morgan fingerprint density at radius 1 is 1.29 bits per heavy atom. The first-order chi connectivity index (χ1) is 9.79. The number of nitrogens with one attached hydrogen (secondary N) is 2. The van der Waals surface area contributed by atoms with Gasteiger partial charge in [0.05, 0.1) is 6.04 Å². The van der Waals surface area contributed by atoms with Crippen molar-refractivity contribution in [3.63, 3.8) is 0 Å². The standard InChI is InChI=1S/C15H24N2O4/c1-9(6-5-7-14(18)19)16-15(20)17-11(3)13-8-10(2)21-12(13)4/h8-9,11H,5-7H2,1-4H3,(H,18,19)(H2,16,17,20). The van der Waals surface area contributed by atoms with Crippen molar-refractivity contribution in [3.05, 3.63) is 23.2 Å². The highest BCUT2D eigenvalue weighted by Crippen LogP contribution is 2.20. The number of carbonyl (C=O) groups is 2. The molecule has 0 aromatic carbocycles. The minimum absolute atomic E-state index is 0.0660. The summed E-state index contributed by atoms with van der Waals surface area (Å²) in [4.78, 5) is 22.3. The van der Waals surface area contributed by atoms with E-state index < -0.39 is 5.97 Å². The van der Waals surface area contributed by atoms with E-state index >= 15 is 0 Å². The van der Waals surface area contributed by atoms with Crippen molar-refractivity contribution in [1.29, 1.82) is 0 Å². The van der Waals surface area contributed by atoms with Gasteiger partial charge in [0.15, 0.2) is 0 Å².